The Kier molecular flexibility index (Phi) is 5.28. The fraction of sp³-hybridized carbons (Fsp3) is 0.231. The molecule has 2 aromatic heterocycles. The van der Waals surface area contributed by atoms with Crippen LogP contribution in [0.3, 0.4) is 0 Å². The number of nitrogens with two attached hydrogens (primary N) is 1. The second-order valence-corrected chi connectivity index (χ2v) is 6.30. The summed E-state index contributed by atoms with van der Waals surface area (Å²) in [7, 11) is 0. The Hall–Kier alpha value is -1.70. The third kappa shape index (κ3) is 4.44. The van der Waals surface area contributed by atoms with Gasteiger partial charge >= 0.3 is 6.03 Å². The Morgan fingerprint density at radius 3 is 2.90 bits per heavy atom. The minimum Gasteiger partial charge on any atom is -0.350 e. The molecule has 3 N–H and O–H groups in total. The van der Waals surface area contributed by atoms with Crippen molar-refractivity contribution in [2.24, 2.45) is 5.73 Å². The Morgan fingerprint density at radius 1 is 1.40 bits per heavy atom. The number of thiophene rings is 1. The van der Waals surface area contributed by atoms with E-state index in [9.17, 15) is 4.79 Å². The largest absolute Gasteiger partial charge is 0.350 e. The van der Waals surface area contributed by atoms with Gasteiger partial charge in [-0.2, -0.15) is 0 Å². The van der Waals surface area contributed by atoms with Gasteiger partial charge in [-0.3, -0.25) is 5.21 Å². The van der Waals surface area contributed by atoms with E-state index in [-0.39, 0.29) is 6.54 Å². The van der Waals surface area contributed by atoms with Gasteiger partial charge in [-0.25, -0.2) is 14.8 Å². The van der Waals surface area contributed by atoms with Crippen LogP contribution in [0.4, 0.5) is 4.79 Å². The summed E-state index contributed by atoms with van der Waals surface area (Å²) < 4.78 is 0. The molecule has 0 aliphatic rings. The summed E-state index contributed by atoms with van der Waals surface area (Å²) in [6.45, 7) is 0.104. The molecule has 2 rings (SSSR count). The molecule has 0 saturated carbocycles. The molecular formula is C13H15N3O2S2. The van der Waals surface area contributed by atoms with Crippen molar-refractivity contribution in [2.75, 3.05) is 6.54 Å². The summed E-state index contributed by atoms with van der Waals surface area (Å²) in [4.78, 5) is 17.4. The number of aromatic nitrogens is 1. The predicted molar refractivity (Wildman–Crippen MR) is 80.2 cm³/mol. The van der Waals surface area contributed by atoms with Crippen LogP contribution in [0.15, 0.2) is 35.9 Å². The van der Waals surface area contributed by atoms with Crippen LogP contribution in [0, 0.1) is 0 Å². The van der Waals surface area contributed by atoms with Crippen molar-refractivity contribution in [3.8, 4) is 0 Å². The molecule has 0 aliphatic carbocycles. The number of hydrogen-bond acceptors (Lipinski definition) is 5. The molecule has 0 saturated heterocycles. The summed E-state index contributed by atoms with van der Waals surface area (Å²) in [6.07, 6.45) is 7.08. The number of amides is 2. The topological polar surface area (TPSA) is 79.5 Å². The van der Waals surface area contributed by atoms with Gasteiger partial charge in [0.25, 0.3) is 0 Å². The van der Waals surface area contributed by atoms with E-state index in [1.807, 2.05) is 17.7 Å². The maximum atomic E-state index is 10.6. The van der Waals surface area contributed by atoms with Gasteiger partial charge in [-0.1, -0.05) is 12.2 Å². The molecule has 0 radical (unpaired) electrons. The highest BCUT2D eigenvalue weighted by Gasteiger charge is 2.03. The highest BCUT2D eigenvalue weighted by Crippen LogP contribution is 2.21. The number of thiazole rings is 1. The first kappa shape index (κ1) is 14.7. The minimum atomic E-state index is -0.850. The first-order valence-corrected chi connectivity index (χ1v) is 7.71. The monoisotopic (exact) mass is 309 g/mol. The van der Waals surface area contributed by atoms with Gasteiger partial charge in [0.15, 0.2) is 0 Å². The van der Waals surface area contributed by atoms with Crippen molar-refractivity contribution in [3.05, 3.63) is 50.6 Å². The Morgan fingerprint density at radius 2 is 2.20 bits per heavy atom. The van der Waals surface area contributed by atoms with Crippen LogP contribution in [0.2, 0.25) is 0 Å². The fourth-order valence-corrected chi connectivity index (χ4v) is 3.31. The molecule has 2 amide bonds. The maximum absolute atomic E-state index is 10.6. The van der Waals surface area contributed by atoms with E-state index in [2.05, 4.69) is 17.1 Å². The van der Waals surface area contributed by atoms with Crippen LogP contribution in [0.5, 0.6) is 0 Å². The zero-order valence-electron chi connectivity index (χ0n) is 10.7. The molecule has 106 valence electrons. The number of hydrogen-bond donors (Lipinski definition) is 2. The molecule has 0 atom stereocenters. The summed E-state index contributed by atoms with van der Waals surface area (Å²) in [5.74, 6) is 0. The van der Waals surface area contributed by atoms with Gasteiger partial charge in [0.2, 0.25) is 0 Å². The smallest absolute Gasteiger partial charge is 0.338 e. The van der Waals surface area contributed by atoms with E-state index >= 15 is 0 Å². The van der Waals surface area contributed by atoms with E-state index < -0.39 is 6.03 Å². The number of primary amides is 1. The average molecular weight is 309 g/mol. The first-order chi connectivity index (χ1) is 9.65. The predicted octanol–water partition coefficient (Wildman–Crippen LogP) is 2.66. The van der Waals surface area contributed by atoms with Crippen LogP contribution in [-0.4, -0.2) is 27.8 Å². The lowest BCUT2D eigenvalue weighted by molar-refractivity contribution is -0.0288. The molecule has 5 nitrogen and oxygen atoms in total. The second-order valence-electron chi connectivity index (χ2n) is 4.07. The van der Waals surface area contributed by atoms with Gasteiger partial charge in [0.1, 0.15) is 0 Å². The van der Waals surface area contributed by atoms with Crippen LogP contribution in [0.25, 0.3) is 0 Å². The Bertz CT molecular complexity index is 578. The third-order valence-electron chi connectivity index (χ3n) is 2.54. The lowest BCUT2D eigenvalue weighted by Gasteiger charge is -2.07. The van der Waals surface area contributed by atoms with E-state index in [1.165, 1.54) is 9.75 Å². The molecule has 7 heteroatoms. The van der Waals surface area contributed by atoms with Crippen molar-refractivity contribution in [3.63, 3.8) is 0 Å². The molecule has 0 aromatic carbocycles. The molecule has 0 unspecified atom stereocenters. The van der Waals surface area contributed by atoms with E-state index in [0.29, 0.717) is 5.06 Å². The highest BCUT2D eigenvalue weighted by atomic mass is 32.1. The number of urea groups is 1. The normalized spacial score (nSPS) is 11.1. The standard InChI is InChI=1S/C13H15N3O2S2/c14-13(17)16(18)7-2-1-3-10-4-5-11(20-10)9-12-15-6-8-19-12/h1-2,4-6,8,18H,3,7,9H2,(H2,14,17)/b2-1-. The summed E-state index contributed by atoms with van der Waals surface area (Å²) in [6, 6.07) is 3.34. The zero-order valence-corrected chi connectivity index (χ0v) is 12.4. The van der Waals surface area contributed by atoms with Crippen molar-refractivity contribution >= 4 is 28.7 Å². The number of hydroxylamine groups is 2. The third-order valence-corrected chi connectivity index (χ3v) is 4.43. The van der Waals surface area contributed by atoms with Crippen molar-refractivity contribution < 1.29 is 10.0 Å². The molecule has 0 spiro atoms. The number of nitrogens with zero attached hydrogens (tertiary/aromatic N) is 2. The Balaban J connectivity index is 1.81. The number of rotatable bonds is 6. The quantitative estimate of drug-likeness (QED) is 0.489. The van der Waals surface area contributed by atoms with Crippen LogP contribution in [0.1, 0.15) is 14.8 Å². The van der Waals surface area contributed by atoms with Gasteiger partial charge < -0.3 is 5.73 Å². The highest BCUT2D eigenvalue weighted by molar-refractivity contribution is 7.12. The summed E-state index contributed by atoms with van der Waals surface area (Å²) >= 11 is 3.40. The van der Waals surface area contributed by atoms with Crippen LogP contribution < -0.4 is 5.73 Å². The molecule has 2 aromatic rings. The zero-order chi connectivity index (χ0) is 14.4. The first-order valence-electron chi connectivity index (χ1n) is 6.02. The molecule has 20 heavy (non-hydrogen) atoms. The van der Waals surface area contributed by atoms with Gasteiger partial charge in [-0.05, 0) is 18.6 Å². The number of carbonyl (C=O) groups is 1. The second kappa shape index (κ2) is 7.18. The minimum absolute atomic E-state index is 0.104. The van der Waals surface area contributed by atoms with Crippen molar-refractivity contribution in [2.45, 2.75) is 12.8 Å². The summed E-state index contributed by atoms with van der Waals surface area (Å²) in [5.41, 5.74) is 4.90. The van der Waals surface area contributed by atoms with E-state index in [0.717, 1.165) is 17.8 Å². The fourth-order valence-electron chi connectivity index (χ4n) is 1.58. The van der Waals surface area contributed by atoms with Gasteiger partial charge in [0, 0.05) is 27.8 Å². The average Bonchev–Trinajstić information content (AvgIpc) is 3.06. The maximum Gasteiger partial charge on any atom is 0.338 e. The van der Waals surface area contributed by atoms with Crippen molar-refractivity contribution in [1.29, 1.82) is 0 Å². The van der Waals surface area contributed by atoms with Crippen molar-refractivity contribution in [1.82, 2.24) is 10.0 Å². The van der Waals surface area contributed by atoms with Crippen LogP contribution >= 0.6 is 22.7 Å². The lowest BCUT2D eigenvalue weighted by atomic mass is 10.3. The van der Waals surface area contributed by atoms with Crippen LogP contribution in [-0.2, 0) is 12.8 Å². The lowest BCUT2D eigenvalue weighted by Crippen LogP contribution is -2.32. The number of carbonyl (C=O) groups excluding carboxylic acids is 1. The molecule has 0 aliphatic heterocycles. The molecule has 0 bridgehead atoms. The van der Waals surface area contributed by atoms with E-state index in [4.69, 9.17) is 10.9 Å². The molecular weight excluding hydrogens is 294 g/mol. The molecule has 2 heterocycles. The Labute approximate surface area is 124 Å². The van der Waals surface area contributed by atoms with Gasteiger partial charge in [0.05, 0.1) is 11.6 Å². The summed E-state index contributed by atoms with van der Waals surface area (Å²) in [5, 5.41) is 12.6. The number of allylic oxidation sites excluding steroid dienone is 1. The SMILES string of the molecule is NC(=O)N(O)C/C=C\Cc1ccc(Cc2nccs2)s1. The molecule has 0 fully saturated rings. The van der Waals surface area contributed by atoms with Gasteiger partial charge in [-0.15, -0.1) is 22.7 Å². The van der Waals surface area contributed by atoms with E-state index in [1.54, 1.807) is 28.7 Å².